The largest absolute Gasteiger partial charge is 0.387 e. The zero-order valence-corrected chi connectivity index (χ0v) is 11.7. The van der Waals surface area contributed by atoms with Gasteiger partial charge in [-0.2, -0.15) is 0 Å². The molecule has 0 fully saturated rings. The Morgan fingerprint density at radius 2 is 1.95 bits per heavy atom. The number of nitrogens with zero attached hydrogens (tertiary/aromatic N) is 2. The van der Waals surface area contributed by atoms with E-state index in [0.717, 1.165) is 11.3 Å². The van der Waals surface area contributed by atoms with Crippen LogP contribution in [0, 0.1) is 13.8 Å². The summed E-state index contributed by atoms with van der Waals surface area (Å²) < 4.78 is 1.91. The number of aliphatic hydroxyl groups is 1. The van der Waals surface area contributed by atoms with Crippen LogP contribution in [0.1, 0.15) is 28.5 Å². The first kappa shape index (κ1) is 13.8. The molecule has 2 rings (SSSR count). The van der Waals surface area contributed by atoms with E-state index in [1.165, 1.54) is 11.1 Å². The zero-order chi connectivity index (χ0) is 13.8. The maximum Gasteiger partial charge on any atom is 0.0947 e. The lowest BCUT2D eigenvalue weighted by Gasteiger charge is -2.13. The zero-order valence-electron chi connectivity index (χ0n) is 11.7. The third-order valence-corrected chi connectivity index (χ3v) is 3.03. The molecule has 1 heterocycles. The normalized spacial score (nSPS) is 12.6. The monoisotopic (exact) mass is 259 g/mol. The molecule has 0 aliphatic rings. The molecule has 0 radical (unpaired) electrons. The van der Waals surface area contributed by atoms with Gasteiger partial charge in [0.2, 0.25) is 0 Å². The van der Waals surface area contributed by atoms with Crippen LogP contribution in [-0.4, -0.2) is 21.2 Å². The molecule has 2 aromatic rings. The second-order valence-electron chi connectivity index (χ2n) is 5.10. The second kappa shape index (κ2) is 5.99. The fraction of sp³-hybridized carbons (Fsp3) is 0.400. The van der Waals surface area contributed by atoms with E-state index in [2.05, 4.69) is 16.4 Å². The number of hydrogen-bond acceptors (Lipinski definition) is 3. The van der Waals surface area contributed by atoms with Crippen molar-refractivity contribution in [3.63, 3.8) is 0 Å². The molecule has 2 N–H and O–H groups in total. The van der Waals surface area contributed by atoms with Crippen LogP contribution in [0.15, 0.2) is 30.7 Å². The number of aromatic nitrogens is 2. The van der Waals surface area contributed by atoms with Crippen LogP contribution in [0.25, 0.3) is 0 Å². The lowest BCUT2D eigenvalue weighted by atomic mass is 10.0. The van der Waals surface area contributed by atoms with Gasteiger partial charge < -0.3 is 15.0 Å². The van der Waals surface area contributed by atoms with E-state index in [1.54, 1.807) is 6.33 Å². The van der Waals surface area contributed by atoms with Gasteiger partial charge in [0, 0.05) is 26.3 Å². The Bertz CT molecular complexity index is 528. The molecule has 4 heteroatoms. The molecule has 0 aliphatic heterocycles. The number of aliphatic hydroxyl groups excluding tert-OH is 1. The molecule has 0 bridgehead atoms. The van der Waals surface area contributed by atoms with E-state index in [-0.39, 0.29) is 0 Å². The van der Waals surface area contributed by atoms with E-state index in [0.29, 0.717) is 13.1 Å². The summed E-state index contributed by atoms with van der Waals surface area (Å²) in [5.74, 6) is 0. The van der Waals surface area contributed by atoms with Crippen molar-refractivity contribution < 1.29 is 5.11 Å². The summed E-state index contributed by atoms with van der Waals surface area (Å²) >= 11 is 0. The van der Waals surface area contributed by atoms with Crippen LogP contribution in [0.5, 0.6) is 0 Å². The van der Waals surface area contributed by atoms with Gasteiger partial charge >= 0.3 is 0 Å². The molecule has 0 aliphatic carbocycles. The topological polar surface area (TPSA) is 50.1 Å². The molecule has 0 saturated heterocycles. The Labute approximate surface area is 114 Å². The molecule has 0 saturated carbocycles. The minimum atomic E-state index is -0.484. The van der Waals surface area contributed by atoms with Gasteiger partial charge in [-0.3, -0.25) is 0 Å². The number of nitrogens with one attached hydrogen (secondary N) is 1. The van der Waals surface area contributed by atoms with E-state index in [1.807, 2.05) is 43.8 Å². The van der Waals surface area contributed by atoms with Gasteiger partial charge in [0.1, 0.15) is 0 Å². The van der Waals surface area contributed by atoms with Crippen molar-refractivity contribution in [1.82, 2.24) is 14.9 Å². The Morgan fingerprint density at radius 1 is 1.26 bits per heavy atom. The van der Waals surface area contributed by atoms with Gasteiger partial charge in [0.25, 0.3) is 0 Å². The quantitative estimate of drug-likeness (QED) is 0.861. The van der Waals surface area contributed by atoms with Crippen LogP contribution in [0.3, 0.4) is 0 Å². The average Bonchev–Trinajstić information content (AvgIpc) is 2.73. The summed E-state index contributed by atoms with van der Waals surface area (Å²) in [5, 5.41) is 13.4. The van der Waals surface area contributed by atoms with Crippen LogP contribution < -0.4 is 5.32 Å². The van der Waals surface area contributed by atoms with Crippen LogP contribution in [0.4, 0.5) is 0 Å². The molecular weight excluding hydrogens is 238 g/mol. The van der Waals surface area contributed by atoms with Crippen molar-refractivity contribution in [2.45, 2.75) is 26.5 Å². The lowest BCUT2D eigenvalue weighted by Crippen LogP contribution is -2.21. The highest BCUT2D eigenvalue weighted by atomic mass is 16.3. The summed E-state index contributed by atoms with van der Waals surface area (Å²) in [4.78, 5) is 4.23. The fourth-order valence-electron chi connectivity index (χ4n) is 2.22. The SMILES string of the molecule is Cc1cc(C)cc(C(O)CNCc2cn(C)cn2)c1. The fourth-order valence-corrected chi connectivity index (χ4v) is 2.22. The van der Waals surface area contributed by atoms with Gasteiger partial charge in [-0.25, -0.2) is 4.98 Å². The molecule has 1 atom stereocenters. The van der Waals surface area contributed by atoms with Crippen LogP contribution in [0.2, 0.25) is 0 Å². The smallest absolute Gasteiger partial charge is 0.0947 e. The number of hydrogen-bond donors (Lipinski definition) is 2. The standard InChI is InChI=1S/C15H21N3O/c1-11-4-12(2)6-13(5-11)15(19)8-16-7-14-9-18(3)10-17-14/h4-6,9-10,15-16,19H,7-8H2,1-3H3. The van der Waals surface area contributed by atoms with E-state index >= 15 is 0 Å². The summed E-state index contributed by atoms with van der Waals surface area (Å²) in [6.07, 6.45) is 3.26. The predicted octanol–water partition coefficient (Wildman–Crippen LogP) is 1.86. The summed E-state index contributed by atoms with van der Waals surface area (Å²) in [7, 11) is 1.95. The highest BCUT2D eigenvalue weighted by Crippen LogP contribution is 2.16. The average molecular weight is 259 g/mol. The Kier molecular flexibility index (Phi) is 4.35. The first-order chi connectivity index (χ1) is 9.04. The molecule has 4 nitrogen and oxygen atoms in total. The highest BCUT2D eigenvalue weighted by molar-refractivity contribution is 5.30. The molecule has 102 valence electrons. The summed E-state index contributed by atoms with van der Waals surface area (Å²) in [5.41, 5.74) is 4.30. The van der Waals surface area contributed by atoms with Gasteiger partial charge in [-0.15, -0.1) is 0 Å². The molecule has 1 aromatic heterocycles. The molecule has 1 aromatic carbocycles. The first-order valence-electron chi connectivity index (χ1n) is 6.48. The van der Waals surface area contributed by atoms with E-state index in [4.69, 9.17) is 0 Å². The van der Waals surface area contributed by atoms with Crippen molar-refractivity contribution in [2.75, 3.05) is 6.54 Å². The third-order valence-electron chi connectivity index (χ3n) is 3.03. The third kappa shape index (κ3) is 3.91. The number of aryl methyl sites for hydroxylation is 3. The first-order valence-corrected chi connectivity index (χ1v) is 6.48. The summed E-state index contributed by atoms with van der Waals surface area (Å²) in [6.45, 7) is 5.29. The molecule has 0 spiro atoms. The van der Waals surface area contributed by atoms with Gasteiger partial charge in [0.15, 0.2) is 0 Å². The maximum atomic E-state index is 10.2. The van der Waals surface area contributed by atoms with Gasteiger partial charge in [-0.1, -0.05) is 29.3 Å². The minimum Gasteiger partial charge on any atom is -0.387 e. The van der Waals surface area contributed by atoms with Crippen molar-refractivity contribution in [1.29, 1.82) is 0 Å². The van der Waals surface area contributed by atoms with Crippen molar-refractivity contribution in [3.8, 4) is 0 Å². The Balaban J connectivity index is 1.88. The van der Waals surface area contributed by atoms with Crippen LogP contribution >= 0.6 is 0 Å². The minimum absolute atomic E-state index is 0.484. The Morgan fingerprint density at radius 3 is 2.53 bits per heavy atom. The van der Waals surface area contributed by atoms with Crippen molar-refractivity contribution >= 4 is 0 Å². The molecule has 0 amide bonds. The Hall–Kier alpha value is -1.65. The molecular formula is C15H21N3O. The molecule has 19 heavy (non-hydrogen) atoms. The van der Waals surface area contributed by atoms with Gasteiger partial charge in [0.05, 0.1) is 18.1 Å². The number of benzene rings is 1. The number of rotatable bonds is 5. The maximum absolute atomic E-state index is 10.2. The summed E-state index contributed by atoms with van der Waals surface area (Å²) in [6, 6.07) is 6.16. The number of imidazole rings is 1. The second-order valence-corrected chi connectivity index (χ2v) is 5.10. The highest BCUT2D eigenvalue weighted by Gasteiger charge is 2.08. The lowest BCUT2D eigenvalue weighted by molar-refractivity contribution is 0.174. The van der Waals surface area contributed by atoms with E-state index < -0.39 is 6.10 Å². The van der Waals surface area contributed by atoms with Crippen molar-refractivity contribution in [2.24, 2.45) is 7.05 Å². The van der Waals surface area contributed by atoms with Crippen LogP contribution in [-0.2, 0) is 13.6 Å². The molecule has 1 unspecified atom stereocenters. The van der Waals surface area contributed by atoms with E-state index in [9.17, 15) is 5.11 Å². The van der Waals surface area contributed by atoms with Crippen molar-refractivity contribution in [3.05, 3.63) is 53.1 Å². The predicted molar refractivity (Wildman–Crippen MR) is 75.8 cm³/mol. The van der Waals surface area contributed by atoms with Gasteiger partial charge in [-0.05, 0) is 19.4 Å².